The van der Waals surface area contributed by atoms with Crippen molar-refractivity contribution in [3.8, 4) is 5.75 Å². The maximum atomic E-state index is 12.7. The zero-order valence-corrected chi connectivity index (χ0v) is 18.1. The molecular formula is C26H23NO6. The van der Waals surface area contributed by atoms with Gasteiger partial charge in [-0.2, -0.15) is 0 Å². The van der Waals surface area contributed by atoms with Crippen molar-refractivity contribution in [1.82, 2.24) is 0 Å². The van der Waals surface area contributed by atoms with E-state index in [0.29, 0.717) is 34.5 Å². The quantitative estimate of drug-likeness (QED) is 0.373. The molecule has 33 heavy (non-hydrogen) atoms. The maximum Gasteiger partial charge on any atom is 0.344 e. The van der Waals surface area contributed by atoms with Gasteiger partial charge in [-0.05, 0) is 36.4 Å². The fourth-order valence-corrected chi connectivity index (χ4v) is 2.99. The Bertz CT molecular complexity index is 1140. The lowest BCUT2D eigenvalue weighted by Gasteiger charge is -2.11. The first-order chi connectivity index (χ1) is 16.0. The number of amides is 1. The van der Waals surface area contributed by atoms with Crippen LogP contribution in [0.4, 0.5) is 5.69 Å². The molecule has 0 atom stereocenters. The third-order valence-electron chi connectivity index (χ3n) is 4.70. The standard InChI is InChI=1S/C26H23NO6/c1-2-23(28)18-12-14-20(15-13-18)32-17-25(30)33-16-24(29)27-22-11-7-6-10-21(22)26(31)19-8-4-3-5-9-19/h3-15H,2,16-17H2,1H3,(H,27,29). The predicted molar refractivity (Wildman–Crippen MR) is 122 cm³/mol. The summed E-state index contributed by atoms with van der Waals surface area (Å²) in [4.78, 5) is 48.5. The van der Waals surface area contributed by atoms with Crippen LogP contribution in [-0.2, 0) is 14.3 Å². The highest BCUT2D eigenvalue weighted by molar-refractivity contribution is 6.13. The van der Waals surface area contributed by atoms with Gasteiger partial charge in [0.25, 0.3) is 5.91 Å². The number of hydrogen-bond acceptors (Lipinski definition) is 6. The summed E-state index contributed by atoms with van der Waals surface area (Å²) in [6, 6.07) is 21.7. The van der Waals surface area contributed by atoms with Gasteiger partial charge in [0, 0.05) is 23.1 Å². The SMILES string of the molecule is CCC(=O)c1ccc(OCC(=O)OCC(=O)Nc2ccccc2C(=O)c2ccccc2)cc1. The third-order valence-corrected chi connectivity index (χ3v) is 4.70. The van der Waals surface area contributed by atoms with Crippen LogP contribution in [0, 0.1) is 0 Å². The van der Waals surface area contributed by atoms with Gasteiger partial charge in [0.15, 0.2) is 24.8 Å². The van der Waals surface area contributed by atoms with Crippen molar-refractivity contribution in [3.63, 3.8) is 0 Å². The van der Waals surface area contributed by atoms with Gasteiger partial charge in [-0.3, -0.25) is 14.4 Å². The van der Waals surface area contributed by atoms with Crippen molar-refractivity contribution in [2.75, 3.05) is 18.5 Å². The van der Waals surface area contributed by atoms with Crippen molar-refractivity contribution in [3.05, 3.63) is 95.6 Å². The molecule has 7 heteroatoms. The van der Waals surface area contributed by atoms with Crippen LogP contribution in [0.1, 0.15) is 39.6 Å². The Balaban J connectivity index is 1.50. The third kappa shape index (κ3) is 6.61. The van der Waals surface area contributed by atoms with Gasteiger partial charge in [0.05, 0.1) is 5.69 Å². The molecule has 3 aromatic carbocycles. The van der Waals surface area contributed by atoms with E-state index in [2.05, 4.69) is 5.32 Å². The lowest BCUT2D eigenvalue weighted by atomic mass is 10.0. The van der Waals surface area contributed by atoms with Gasteiger partial charge in [0.2, 0.25) is 0 Å². The van der Waals surface area contributed by atoms with Crippen LogP contribution < -0.4 is 10.1 Å². The summed E-state index contributed by atoms with van der Waals surface area (Å²) in [6.07, 6.45) is 0.402. The Morgan fingerprint density at radius 2 is 1.42 bits per heavy atom. The second-order valence-electron chi connectivity index (χ2n) is 7.04. The zero-order valence-electron chi connectivity index (χ0n) is 18.1. The number of esters is 1. The molecule has 0 saturated heterocycles. The monoisotopic (exact) mass is 445 g/mol. The summed E-state index contributed by atoms with van der Waals surface area (Å²) in [5.74, 6) is -1.13. The number of rotatable bonds is 10. The first kappa shape index (κ1) is 23.4. The molecule has 0 spiro atoms. The fraction of sp³-hybridized carbons (Fsp3) is 0.154. The first-order valence-corrected chi connectivity index (χ1v) is 10.4. The van der Waals surface area contributed by atoms with Crippen molar-refractivity contribution >= 4 is 29.1 Å². The first-order valence-electron chi connectivity index (χ1n) is 10.4. The van der Waals surface area contributed by atoms with Crippen molar-refractivity contribution in [2.24, 2.45) is 0 Å². The van der Waals surface area contributed by atoms with E-state index in [1.165, 1.54) is 0 Å². The van der Waals surface area contributed by atoms with Gasteiger partial charge in [0.1, 0.15) is 5.75 Å². The van der Waals surface area contributed by atoms with Crippen molar-refractivity contribution < 1.29 is 28.7 Å². The molecular weight excluding hydrogens is 422 g/mol. The number of carbonyl (C=O) groups excluding carboxylic acids is 4. The van der Waals surface area contributed by atoms with Crippen LogP contribution in [0.25, 0.3) is 0 Å². The molecule has 3 rings (SSSR count). The highest BCUT2D eigenvalue weighted by Crippen LogP contribution is 2.19. The van der Waals surface area contributed by atoms with E-state index in [1.807, 2.05) is 6.07 Å². The maximum absolute atomic E-state index is 12.7. The Hall–Kier alpha value is -4.26. The van der Waals surface area contributed by atoms with Gasteiger partial charge in [-0.1, -0.05) is 49.4 Å². The van der Waals surface area contributed by atoms with Crippen LogP contribution in [0.15, 0.2) is 78.9 Å². The molecule has 0 unspecified atom stereocenters. The minimum atomic E-state index is -0.729. The summed E-state index contributed by atoms with van der Waals surface area (Å²) in [5, 5.41) is 2.60. The molecule has 0 aliphatic rings. The van der Waals surface area contributed by atoms with Crippen molar-refractivity contribution in [1.29, 1.82) is 0 Å². The normalized spacial score (nSPS) is 10.2. The Labute approximate surface area is 191 Å². The highest BCUT2D eigenvalue weighted by Gasteiger charge is 2.16. The minimum absolute atomic E-state index is 0.0130. The molecule has 1 N–H and O–H groups in total. The van der Waals surface area contributed by atoms with Gasteiger partial charge >= 0.3 is 5.97 Å². The molecule has 0 radical (unpaired) electrons. The van der Waals surface area contributed by atoms with E-state index in [0.717, 1.165) is 0 Å². The van der Waals surface area contributed by atoms with Crippen molar-refractivity contribution in [2.45, 2.75) is 13.3 Å². The molecule has 0 saturated carbocycles. The van der Waals surface area contributed by atoms with E-state index in [4.69, 9.17) is 9.47 Å². The van der Waals surface area contributed by atoms with Crippen LogP contribution in [0.5, 0.6) is 5.75 Å². The second kappa shape index (κ2) is 11.4. The molecule has 0 bridgehead atoms. The van der Waals surface area contributed by atoms with Crippen LogP contribution in [0.3, 0.4) is 0 Å². The molecule has 7 nitrogen and oxygen atoms in total. The van der Waals surface area contributed by atoms with Crippen LogP contribution in [-0.4, -0.2) is 36.7 Å². The molecule has 168 valence electrons. The predicted octanol–water partition coefficient (Wildman–Crippen LogP) is 4.07. The Morgan fingerprint density at radius 1 is 0.758 bits per heavy atom. The summed E-state index contributed by atoms with van der Waals surface area (Å²) in [6.45, 7) is 0.857. The summed E-state index contributed by atoms with van der Waals surface area (Å²) in [7, 11) is 0. The molecule has 0 fully saturated rings. The summed E-state index contributed by atoms with van der Waals surface area (Å²) in [5.41, 5.74) is 1.71. The number of Topliss-reactive ketones (excluding diaryl/α,β-unsaturated/α-hetero) is 1. The Morgan fingerprint density at radius 3 is 2.12 bits per heavy atom. The topological polar surface area (TPSA) is 98.8 Å². The molecule has 0 aromatic heterocycles. The largest absolute Gasteiger partial charge is 0.482 e. The average molecular weight is 445 g/mol. The fourth-order valence-electron chi connectivity index (χ4n) is 2.99. The number of carbonyl (C=O) groups is 4. The van der Waals surface area contributed by atoms with E-state index < -0.39 is 25.1 Å². The van der Waals surface area contributed by atoms with Gasteiger partial charge in [-0.25, -0.2) is 4.79 Å². The minimum Gasteiger partial charge on any atom is -0.482 e. The number of anilines is 1. The van der Waals surface area contributed by atoms with E-state index in [9.17, 15) is 19.2 Å². The number of ketones is 2. The number of benzene rings is 3. The smallest absolute Gasteiger partial charge is 0.344 e. The zero-order chi connectivity index (χ0) is 23.6. The molecule has 3 aromatic rings. The molecule has 0 aliphatic heterocycles. The summed E-state index contributed by atoms with van der Waals surface area (Å²) < 4.78 is 10.3. The van der Waals surface area contributed by atoms with Crippen LogP contribution in [0.2, 0.25) is 0 Å². The molecule has 0 heterocycles. The van der Waals surface area contributed by atoms with E-state index in [1.54, 1.807) is 79.7 Å². The number of nitrogens with one attached hydrogen (secondary N) is 1. The molecule has 0 aliphatic carbocycles. The van der Waals surface area contributed by atoms with E-state index >= 15 is 0 Å². The van der Waals surface area contributed by atoms with E-state index in [-0.39, 0.29) is 11.6 Å². The number of hydrogen-bond donors (Lipinski definition) is 1. The van der Waals surface area contributed by atoms with Crippen LogP contribution >= 0.6 is 0 Å². The van der Waals surface area contributed by atoms with Gasteiger partial charge in [-0.15, -0.1) is 0 Å². The molecule has 1 amide bonds. The lowest BCUT2D eigenvalue weighted by molar-refractivity contribution is -0.149. The lowest BCUT2D eigenvalue weighted by Crippen LogP contribution is -2.24. The second-order valence-corrected chi connectivity index (χ2v) is 7.04. The number of ether oxygens (including phenoxy) is 2. The Kier molecular flexibility index (Phi) is 8.07. The van der Waals surface area contributed by atoms with Gasteiger partial charge < -0.3 is 14.8 Å². The average Bonchev–Trinajstić information content (AvgIpc) is 2.86. The highest BCUT2D eigenvalue weighted by atomic mass is 16.6. The summed E-state index contributed by atoms with van der Waals surface area (Å²) >= 11 is 0. The number of para-hydroxylation sites is 1.